The van der Waals surface area contributed by atoms with E-state index in [2.05, 4.69) is 4.98 Å². The highest BCUT2D eigenvalue weighted by atomic mass is 16.3. The lowest BCUT2D eigenvalue weighted by Gasteiger charge is -1.90. The number of rotatable bonds is 0. The molecule has 2 N–H and O–H groups in total. The Hall–Kier alpha value is -2.03. The molecule has 0 fully saturated rings. The number of benzene rings is 1. The van der Waals surface area contributed by atoms with E-state index >= 15 is 0 Å². The van der Waals surface area contributed by atoms with Crippen molar-refractivity contribution in [3.05, 3.63) is 36.5 Å². The minimum Gasteiger partial charge on any atom is -0.454 e. The quantitative estimate of drug-likeness (QED) is 0.584. The molecule has 0 amide bonds. The van der Waals surface area contributed by atoms with Crippen molar-refractivity contribution in [3.63, 3.8) is 0 Å². The fourth-order valence-electron chi connectivity index (χ4n) is 1.65. The molecular weight excluding hydrogens is 176 g/mol. The number of nitrogens with zero attached hydrogens (tertiary/aromatic N) is 1. The molecule has 14 heavy (non-hydrogen) atoms. The molecule has 0 saturated heterocycles. The zero-order valence-electron chi connectivity index (χ0n) is 7.40. The van der Waals surface area contributed by atoms with Gasteiger partial charge in [-0.05, 0) is 12.1 Å². The number of fused-ring (bicyclic) bond motifs is 3. The summed E-state index contributed by atoms with van der Waals surface area (Å²) < 4.78 is 5.59. The molecule has 3 nitrogen and oxygen atoms in total. The summed E-state index contributed by atoms with van der Waals surface area (Å²) in [7, 11) is 0. The third-order valence-electron chi connectivity index (χ3n) is 2.29. The second kappa shape index (κ2) is 2.48. The number of furan rings is 1. The first-order valence-corrected chi connectivity index (χ1v) is 4.37. The fraction of sp³-hybridized carbons (Fsp3) is 0. The van der Waals surface area contributed by atoms with Crippen LogP contribution in [0.15, 0.2) is 40.9 Å². The molecular formula is C11H8N2O. The van der Waals surface area contributed by atoms with Crippen molar-refractivity contribution in [3.8, 4) is 0 Å². The number of nitrogens with two attached hydrogens (primary N) is 1. The van der Waals surface area contributed by atoms with Gasteiger partial charge in [0, 0.05) is 10.8 Å². The van der Waals surface area contributed by atoms with Crippen LogP contribution >= 0.6 is 0 Å². The van der Waals surface area contributed by atoms with Gasteiger partial charge in [-0.2, -0.15) is 0 Å². The van der Waals surface area contributed by atoms with Crippen LogP contribution in [-0.4, -0.2) is 4.98 Å². The van der Waals surface area contributed by atoms with Gasteiger partial charge in [0.2, 0.25) is 0 Å². The first-order valence-electron chi connectivity index (χ1n) is 4.37. The zero-order valence-corrected chi connectivity index (χ0v) is 7.40. The molecule has 0 unspecified atom stereocenters. The number of para-hydroxylation sites is 1. The molecule has 68 valence electrons. The smallest absolute Gasteiger partial charge is 0.153 e. The average molecular weight is 184 g/mol. The third-order valence-corrected chi connectivity index (χ3v) is 2.29. The Kier molecular flexibility index (Phi) is 1.31. The standard InChI is InChI=1S/C11H8N2O/c12-11-5-8-7-3-1-2-4-9(7)14-10(8)6-13-11/h1-6H,(H2,12,13). The van der Waals surface area contributed by atoms with Gasteiger partial charge in [0.25, 0.3) is 0 Å². The SMILES string of the molecule is Nc1cc2c(cn1)oc1ccccc12. The van der Waals surface area contributed by atoms with Gasteiger partial charge in [-0.25, -0.2) is 4.98 Å². The highest BCUT2D eigenvalue weighted by Crippen LogP contribution is 2.28. The van der Waals surface area contributed by atoms with E-state index in [1.807, 2.05) is 30.3 Å². The monoisotopic (exact) mass is 184 g/mol. The Morgan fingerprint density at radius 2 is 1.93 bits per heavy atom. The fourth-order valence-corrected chi connectivity index (χ4v) is 1.65. The molecule has 0 spiro atoms. The molecule has 0 aliphatic heterocycles. The van der Waals surface area contributed by atoms with Crippen molar-refractivity contribution >= 4 is 27.8 Å². The lowest BCUT2D eigenvalue weighted by Crippen LogP contribution is -1.86. The van der Waals surface area contributed by atoms with Crippen LogP contribution in [0, 0.1) is 0 Å². The molecule has 3 aromatic rings. The van der Waals surface area contributed by atoms with E-state index < -0.39 is 0 Å². The molecule has 0 atom stereocenters. The number of aromatic nitrogens is 1. The summed E-state index contributed by atoms with van der Waals surface area (Å²) in [4.78, 5) is 3.99. The number of pyridine rings is 1. The van der Waals surface area contributed by atoms with Gasteiger partial charge in [-0.1, -0.05) is 18.2 Å². The van der Waals surface area contributed by atoms with Crippen molar-refractivity contribution in [1.29, 1.82) is 0 Å². The Morgan fingerprint density at radius 3 is 2.86 bits per heavy atom. The molecule has 3 heteroatoms. The predicted molar refractivity (Wildman–Crippen MR) is 55.9 cm³/mol. The Balaban J connectivity index is 2.58. The lowest BCUT2D eigenvalue weighted by molar-refractivity contribution is 0.667. The molecule has 0 saturated carbocycles. The molecule has 0 aliphatic rings. The van der Waals surface area contributed by atoms with Gasteiger partial charge in [-0.3, -0.25) is 0 Å². The van der Waals surface area contributed by atoms with Crippen LogP contribution in [0.25, 0.3) is 21.9 Å². The third kappa shape index (κ3) is 0.893. The predicted octanol–water partition coefficient (Wildman–Crippen LogP) is 2.56. The minimum atomic E-state index is 0.518. The Labute approximate surface area is 80.1 Å². The van der Waals surface area contributed by atoms with Crippen molar-refractivity contribution in [2.45, 2.75) is 0 Å². The van der Waals surface area contributed by atoms with Crippen LogP contribution in [0.2, 0.25) is 0 Å². The summed E-state index contributed by atoms with van der Waals surface area (Å²) >= 11 is 0. The second-order valence-corrected chi connectivity index (χ2v) is 3.20. The van der Waals surface area contributed by atoms with Crippen molar-refractivity contribution < 1.29 is 4.42 Å². The zero-order chi connectivity index (χ0) is 9.54. The summed E-state index contributed by atoms with van der Waals surface area (Å²) in [5.74, 6) is 0.518. The van der Waals surface area contributed by atoms with E-state index in [0.29, 0.717) is 5.82 Å². The van der Waals surface area contributed by atoms with Gasteiger partial charge < -0.3 is 10.2 Å². The van der Waals surface area contributed by atoms with Crippen molar-refractivity contribution in [1.82, 2.24) is 4.98 Å². The molecule has 2 heterocycles. The number of hydrogen-bond acceptors (Lipinski definition) is 3. The van der Waals surface area contributed by atoms with Crippen LogP contribution in [0.1, 0.15) is 0 Å². The second-order valence-electron chi connectivity index (χ2n) is 3.20. The molecule has 3 rings (SSSR count). The molecule has 0 radical (unpaired) electrons. The largest absolute Gasteiger partial charge is 0.454 e. The maximum Gasteiger partial charge on any atom is 0.153 e. The summed E-state index contributed by atoms with van der Waals surface area (Å²) in [6.07, 6.45) is 1.66. The van der Waals surface area contributed by atoms with Gasteiger partial charge in [0.1, 0.15) is 11.4 Å². The van der Waals surface area contributed by atoms with Crippen LogP contribution in [0.3, 0.4) is 0 Å². The van der Waals surface area contributed by atoms with Gasteiger partial charge in [-0.15, -0.1) is 0 Å². The minimum absolute atomic E-state index is 0.518. The number of nitrogen functional groups attached to an aromatic ring is 1. The first-order chi connectivity index (χ1) is 6.84. The van der Waals surface area contributed by atoms with Crippen LogP contribution < -0.4 is 5.73 Å². The van der Waals surface area contributed by atoms with Crippen molar-refractivity contribution in [2.75, 3.05) is 5.73 Å². The van der Waals surface area contributed by atoms with Crippen LogP contribution in [-0.2, 0) is 0 Å². The molecule has 0 bridgehead atoms. The van der Waals surface area contributed by atoms with E-state index in [0.717, 1.165) is 21.9 Å². The van der Waals surface area contributed by atoms with E-state index in [4.69, 9.17) is 10.2 Å². The summed E-state index contributed by atoms with van der Waals surface area (Å²) in [5, 5.41) is 2.10. The molecule has 0 aliphatic carbocycles. The molecule has 1 aromatic carbocycles. The van der Waals surface area contributed by atoms with E-state index in [9.17, 15) is 0 Å². The first kappa shape index (κ1) is 7.38. The average Bonchev–Trinajstić information content (AvgIpc) is 2.56. The highest BCUT2D eigenvalue weighted by Gasteiger charge is 2.05. The van der Waals surface area contributed by atoms with Crippen molar-refractivity contribution in [2.24, 2.45) is 0 Å². The summed E-state index contributed by atoms with van der Waals surface area (Å²) in [5.41, 5.74) is 7.27. The van der Waals surface area contributed by atoms with E-state index in [-0.39, 0.29) is 0 Å². The Bertz CT molecular complexity index is 613. The highest BCUT2D eigenvalue weighted by molar-refractivity contribution is 6.05. The van der Waals surface area contributed by atoms with Crippen LogP contribution in [0.4, 0.5) is 5.82 Å². The van der Waals surface area contributed by atoms with E-state index in [1.165, 1.54) is 0 Å². The summed E-state index contributed by atoms with van der Waals surface area (Å²) in [6, 6.07) is 9.71. The van der Waals surface area contributed by atoms with E-state index in [1.54, 1.807) is 6.20 Å². The number of hydrogen-bond donors (Lipinski definition) is 1. The topological polar surface area (TPSA) is 52.0 Å². The maximum absolute atomic E-state index is 5.62. The maximum atomic E-state index is 5.62. The van der Waals surface area contributed by atoms with Gasteiger partial charge in [0.15, 0.2) is 5.58 Å². The van der Waals surface area contributed by atoms with Gasteiger partial charge in [0.05, 0.1) is 6.20 Å². The Morgan fingerprint density at radius 1 is 1.07 bits per heavy atom. The lowest BCUT2D eigenvalue weighted by atomic mass is 10.2. The number of anilines is 1. The normalized spacial score (nSPS) is 11.1. The van der Waals surface area contributed by atoms with Crippen LogP contribution in [0.5, 0.6) is 0 Å². The molecule has 2 aromatic heterocycles. The summed E-state index contributed by atoms with van der Waals surface area (Å²) in [6.45, 7) is 0. The van der Waals surface area contributed by atoms with Gasteiger partial charge >= 0.3 is 0 Å².